The van der Waals surface area contributed by atoms with Crippen LogP contribution < -0.4 is 4.74 Å². The van der Waals surface area contributed by atoms with Crippen LogP contribution in [-0.4, -0.2) is 16.6 Å². The summed E-state index contributed by atoms with van der Waals surface area (Å²) in [6.07, 6.45) is -2.83. The van der Waals surface area contributed by atoms with Crippen molar-refractivity contribution < 1.29 is 31.4 Å². The molecule has 1 unspecified atom stereocenters. The van der Waals surface area contributed by atoms with E-state index in [1.807, 2.05) is 6.92 Å². The number of ether oxygens (including phenoxy) is 2. The Morgan fingerprint density at radius 2 is 1.75 bits per heavy atom. The molecule has 4 rings (SSSR count). The van der Waals surface area contributed by atoms with Crippen molar-refractivity contribution in [2.45, 2.75) is 38.4 Å². The molecular formula is C23H19F5N2O2. The second-order valence-corrected chi connectivity index (χ2v) is 7.36. The minimum absolute atomic E-state index is 0.106. The zero-order chi connectivity index (χ0) is 22.9. The molecule has 1 fully saturated rings. The van der Waals surface area contributed by atoms with Crippen LogP contribution in [0.2, 0.25) is 0 Å². The number of halogens is 5. The van der Waals surface area contributed by atoms with Crippen LogP contribution in [0, 0.1) is 5.82 Å². The van der Waals surface area contributed by atoms with Gasteiger partial charge in [0.1, 0.15) is 17.7 Å². The maximum Gasteiger partial charge on any atom is 0.426 e. The van der Waals surface area contributed by atoms with Crippen molar-refractivity contribution in [1.29, 1.82) is 0 Å². The molecular weight excluding hydrogens is 431 g/mol. The summed E-state index contributed by atoms with van der Waals surface area (Å²) in [5.41, 5.74) is -0.436. The number of alkyl halides is 4. The van der Waals surface area contributed by atoms with Gasteiger partial charge in [0.15, 0.2) is 5.82 Å². The molecule has 1 aromatic heterocycles. The van der Waals surface area contributed by atoms with E-state index in [9.17, 15) is 22.0 Å². The summed E-state index contributed by atoms with van der Waals surface area (Å²) in [4.78, 5) is 8.46. The third-order valence-electron chi connectivity index (χ3n) is 5.03. The first-order valence-electron chi connectivity index (χ1n) is 10.0. The Labute approximate surface area is 181 Å². The molecule has 9 heteroatoms. The Balaban J connectivity index is 1.57. The van der Waals surface area contributed by atoms with Gasteiger partial charge in [-0.3, -0.25) is 0 Å². The zero-order valence-corrected chi connectivity index (χ0v) is 17.0. The van der Waals surface area contributed by atoms with Gasteiger partial charge in [-0.15, -0.1) is 0 Å². The fraction of sp³-hybridized carbons (Fsp3) is 0.304. The third kappa shape index (κ3) is 4.57. The SMILES string of the molecule is CCCc1cnc(-c2ccc(C(F)(F)Oc3ccc(C4CO4)c(F)c3C(F)F)cc2)nc1. The summed E-state index contributed by atoms with van der Waals surface area (Å²) >= 11 is 0. The lowest BCUT2D eigenvalue weighted by Gasteiger charge is -2.21. The van der Waals surface area contributed by atoms with Crippen LogP contribution in [0.25, 0.3) is 11.4 Å². The van der Waals surface area contributed by atoms with Crippen LogP contribution in [0.3, 0.4) is 0 Å². The lowest BCUT2D eigenvalue weighted by molar-refractivity contribution is -0.186. The van der Waals surface area contributed by atoms with Crippen LogP contribution in [0.5, 0.6) is 5.75 Å². The van der Waals surface area contributed by atoms with Gasteiger partial charge >= 0.3 is 6.11 Å². The van der Waals surface area contributed by atoms with Gasteiger partial charge in [-0.05, 0) is 36.2 Å². The summed E-state index contributed by atoms with van der Waals surface area (Å²) < 4.78 is 80.2. The Morgan fingerprint density at radius 1 is 1.09 bits per heavy atom. The minimum Gasteiger partial charge on any atom is -0.428 e. The summed E-state index contributed by atoms with van der Waals surface area (Å²) in [7, 11) is 0. The van der Waals surface area contributed by atoms with Gasteiger partial charge in [-0.1, -0.05) is 25.5 Å². The monoisotopic (exact) mass is 450 g/mol. The second kappa shape index (κ2) is 8.82. The third-order valence-corrected chi connectivity index (χ3v) is 5.03. The molecule has 0 N–H and O–H groups in total. The molecule has 0 spiro atoms. The summed E-state index contributed by atoms with van der Waals surface area (Å²) in [5.74, 6) is -1.86. The number of nitrogens with zero attached hydrogens (tertiary/aromatic N) is 2. The first kappa shape index (κ1) is 22.1. The number of aryl methyl sites for hydroxylation is 1. The Kier molecular flexibility index (Phi) is 6.10. The maximum atomic E-state index is 14.7. The normalized spacial score (nSPS) is 15.8. The molecule has 2 aromatic carbocycles. The van der Waals surface area contributed by atoms with Crippen molar-refractivity contribution >= 4 is 0 Å². The molecule has 32 heavy (non-hydrogen) atoms. The van der Waals surface area contributed by atoms with Crippen LogP contribution in [0.15, 0.2) is 48.8 Å². The van der Waals surface area contributed by atoms with E-state index in [-0.39, 0.29) is 12.2 Å². The highest BCUT2D eigenvalue weighted by Gasteiger charge is 2.38. The highest BCUT2D eigenvalue weighted by Crippen LogP contribution is 2.42. The molecule has 0 amide bonds. The van der Waals surface area contributed by atoms with Gasteiger partial charge in [0.05, 0.1) is 17.7 Å². The fourth-order valence-electron chi connectivity index (χ4n) is 3.29. The smallest absolute Gasteiger partial charge is 0.426 e. The number of aromatic nitrogens is 2. The molecule has 0 saturated carbocycles. The predicted molar refractivity (Wildman–Crippen MR) is 106 cm³/mol. The van der Waals surface area contributed by atoms with E-state index in [1.165, 1.54) is 12.1 Å². The molecule has 2 heterocycles. The van der Waals surface area contributed by atoms with Crippen molar-refractivity contribution in [2.75, 3.05) is 6.61 Å². The summed E-state index contributed by atoms with van der Waals surface area (Å²) in [5, 5.41) is 0. The van der Waals surface area contributed by atoms with Crippen molar-refractivity contribution in [3.63, 3.8) is 0 Å². The first-order valence-corrected chi connectivity index (χ1v) is 10.0. The van der Waals surface area contributed by atoms with Crippen molar-refractivity contribution in [2.24, 2.45) is 0 Å². The number of epoxide rings is 1. The van der Waals surface area contributed by atoms with Crippen LogP contribution in [0.4, 0.5) is 22.0 Å². The molecule has 168 valence electrons. The molecule has 0 radical (unpaired) electrons. The quantitative estimate of drug-likeness (QED) is 0.296. The average molecular weight is 450 g/mol. The number of benzene rings is 2. The molecule has 0 aliphatic carbocycles. The Morgan fingerprint density at radius 3 is 2.31 bits per heavy atom. The van der Waals surface area contributed by atoms with Crippen LogP contribution in [-0.2, 0) is 17.3 Å². The van der Waals surface area contributed by atoms with Crippen molar-refractivity contribution in [1.82, 2.24) is 9.97 Å². The van der Waals surface area contributed by atoms with Crippen molar-refractivity contribution in [3.8, 4) is 17.1 Å². The number of rotatable bonds is 8. The number of hydrogen-bond acceptors (Lipinski definition) is 4. The molecule has 3 aromatic rings. The lowest BCUT2D eigenvalue weighted by atomic mass is 10.1. The largest absolute Gasteiger partial charge is 0.428 e. The fourth-order valence-corrected chi connectivity index (χ4v) is 3.29. The molecule has 4 nitrogen and oxygen atoms in total. The molecule has 1 saturated heterocycles. The van der Waals surface area contributed by atoms with E-state index in [0.717, 1.165) is 42.7 Å². The lowest BCUT2D eigenvalue weighted by Crippen LogP contribution is -2.23. The van der Waals surface area contributed by atoms with Gasteiger partial charge < -0.3 is 9.47 Å². The van der Waals surface area contributed by atoms with Crippen molar-refractivity contribution in [3.05, 3.63) is 76.9 Å². The predicted octanol–water partition coefficient (Wildman–Crippen LogP) is 6.37. The Hall–Kier alpha value is -3.07. The second-order valence-electron chi connectivity index (χ2n) is 7.36. The van der Waals surface area contributed by atoms with E-state index in [2.05, 4.69) is 14.7 Å². The highest BCUT2D eigenvalue weighted by molar-refractivity contribution is 5.55. The standard InChI is InChI=1S/C23H19F5N2O2/c1-2-3-13-10-29-22(30-11-13)14-4-6-15(7-5-14)23(27,28)32-17-9-8-16(18-12-31-18)20(24)19(17)21(25)26/h4-11,18,21H,2-3,12H2,1H3. The number of hydrogen-bond donors (Lipinski definition) is 0. The van der Waals surface area contributed by atoms with E-state index >= 15 is 0 Å². The van der Waals surface area contributed by atoms with E-state index in [1.54, 1.807) is 12.4 Å². The average Bonchev–Trinajstić information content (AvgIpc) is 3.59. The zero-order valence-electron chi connectivity index (χ0n) is 17.0. The van der Waals surface area contributed by atoms with Crippen LogP contribution >= 0.6 is 0 Å². The molecule has 1 aliphatic rings. The van der Waals surface area contributed by atoms with Gasteiger partial charge in [0, 0.05) is 23.5 Å². The first-order chi connectivity index (χ1) is 15.3. The van der Waals surface area contributed by atoms with E-state index in [0.29, 0.717) is 11.4 Å². The summed E-state index contributed by atoms with van der Waals surface area (Å²) in [6, 6.07) is 6.96. The van der Waals surface area contributed by atoms with Gasteiger partial charge in [0.25, 0.3) is 6.43 Å². The van der Waals surface area contributed by atoms with E-state index in [4.69, 9.17) is 4.74 Å². The highest BCUT2D eigenvalue weighted by atomic mass is 19.3. The Bertz CT molecular complexity index is 1080. The van der Waals surface area contributed by atoms with Gasteiger partial charge in [-0.2, -0.15) is 8.78 Å². The topological polar surface area (TPSA) is 47.5 Å². The van der Waals surface area contributed by atoms with E-state index < -0.39 is 41.3 Å². The maximum absolute atomic E-state index is 14.7. The molecule has 1 atom stereocenters. The summed E-state index contributed by atoms with van der Waals surface area (Å²) in [6.45, 7) is 2.22. The van der Waals surface area contributed by atoms with Gasteiger partial charge in [0.2, 0.25) is 0 Å². The van der Waals surface area contributed by atoms with Gasteiger partial charge in [-0.25, -0.2) is 23.1 Å². The molecule has 1 aliphatic heterocycles. The van der Waals surface area contributed by atoms with Crippen LogP contribution in [0.1, 0.15) is 48.1 Å². The minimum atomic E-state index is -3.97. The molecule has 0 bridgehead atoms.